The second-order valence-corrected chi connectivity index (χ2v) is 6.50. The van der Waals surface area contributed by atoms with Crippen molar-refractivity contribution in [3.63, 3.8) is 0 Å². The Hall–Kier alpha value is -2.61. The summed E-state index contributed by atoms with van der Waals surface area (Å²) < 4.78 is 4.97. The van der Waals surface area contributed by atoms with Gasteiger partial charge in [0, 0.05) is 49.9 Å². The number of anilines is 2. The van der Waals surface area contributed by atoms with Crippen LogP contribution in [0.2, 0.25) is 0 Å². The van der Waals surface area contributed by atoms with Crippen LogP contribution in [0.25, 0.3) is 0 Å². The second-order valence-electron chi connectivity index (χ2n) is 6.50. The van der Waals surface area contributed by atoms with Crippen molar-refractivity contribution in [1.82, 2.24) is 24.8 Å². The summed E-state index contributed by atoms with van der Waals surface area (Å²) in [4.78, 5) is 31.8. The molecule has 3 heterocycles. The molecule has 2 aromatic rings. The van der Waals surface area contributed by atoms with Crippen molar-refractivity contribution in [2.24, 2.45) is 0 Å². The van der Waals surface area contributed by atoms with Gasteiger partial charge in [-0.15, -0.1) is 0 Å². The lowest BCUT2D eigenvalue weighted by molar-refractivity contribution is -0.136. The summed E-state index contributed by atoms with van der Waals surface area (Å²) in [5.41, 5.74) is 2.61. The Balaban J connectivity index is 1.81. The molecule has 0 aromatic carbocycles. The van der Waals surface area contributed by atoms with E-state index in [9.17, 15) is 4.79 Å². The van der Waals surface area contributed by atoms with Gasteiger partial charge in [-0.25, -0.2) is 15.0 Å². The minimum absolute atomic E-state index is 0.00763. The van der Waals surface area contributed by atoms with Gasteiger partial charge in [0.1, 0.15) is 6.61 Å². The van der Waals surface area contributed by atoms with E-state index in [1.54, 1.807) is 12.4 Å². The lowest BCUT2D eigenvalue weighted by Crippen LogP contribution is -2.41. The van der Waals surface area contributed by atoms with Crippen molar-refractivity contribution in [3.05, 3.63) is 35.5 Å². The fraction of sp³-hybridized carbons (Fsp3) is 0.500. The molecule has 1 unspecified atom stereocenters. The summed E-state index contributed by atoms with van der Waals surface area (Å²) >= 11 is 0. The molecule has 8 nitrogen and oxygen atoms in total. The standard InChI is InChI=1S/C18H24N6O2/c1-12-9-13(2)22-18(21-12)23-17-16(19-6-7-20-17)14-5-4-8-24(10-14)15(25)11-26-3/h6-7,9,14H,4-5,8,10-11H2,1-3H3,(H,20,21,22,23). The number of aryl methyl sites for hydroxylation is 2. The van der Waals surface area contributed by atoms with Crippen LogP contribution in [0.4, 0.5) is 11.8 Å². The van der Waals surface area contributed by atoms with Crippen LogP contribution in [-0.4, -0.2) is 57.5 Å². The third-order valence-electron chi connectivity index (χ3n) is 4.37. The smallest absolute Gasteiger partial charge is 0.248 e. The average molecular weight is 356 g/mol. The Bertz CT molecular complexity index is 762. The van der Waals surface area contributed by atoms with E-state index < -0.39 is 0 Å². The molecule has 1 N–H and O–H groups in total. The van der Waals surface area contributed by atoms with E-state index in [-0.39, 0.29) is 18.4 Å². The number of amides is 1. The van der Waals surface area contributed by atoms with Crippen molar-refractivity contribution in [2.45, 2.75) is 32.6 Å². The van der Waals surface area contributed by atoms with Gasteiger partial charge >= 0.3 is 0 Å². The number of hydrogen-bond acceptors (Lipinski definition) is 7. The van der Waals surface area contributed by atoms with E-state index in [0.29, 0.717) is 18.3 Å². The SMILES string of the molecule is COCC(=O)N1CCCC(c2nccnc2Nc2nc(C)cc(C)n2)C1. The van der Waals surface area contributed by atoms with Crippen LogP contribution in [0.15, 0.2) is 18.5 Å². The fourth-order valence-corrected chi connectivity index (χ4v) is 3.27. The first-order valence-electron chi connectivity index (χ1n) is 8.73. The number of methoxy groups -OCH3 is 1. The van der Waals surface area contributed by atoms with Crippen LogP contribution < -0.4 is 5.32 Å². The van der Waals surface area contributed by atoms with Gasteiger partial charge in [-0.05, 0) is 32.8 Å². The van der Waals surface area contributed by atoms with Crippen molar-refractivity contribution in [3.8, 4) is 0 Å². The molecule has 26 heavy (non-hydrogen) atoms. The van der Waals surface area contributed by atoms with E-state index in [0.717, 1.165) is 36.5 Å². The number of aromatic nitrogens is 4. The van der Waals surface area contributed by atoms with E-state index in [4.69, 9.17) is 4.74 Å². The lowest BCUT2D eigenvalue weighted by Gasteiger charge is -2.32. The van der Waals surface area contributed by atoms with Crippen LogP contribution in [-0.2, 0) is 9.53 Å². The zero-order valence-electron chi connectivity index (χ0n) is 15.4. The summed E-state index contributed by atoms with van der Waals surface area (Å²) in [7, 11) is 1.54. The Morgan fingerprint density at radius 3 is 2.73 bits per heavy atom. The molecule has 138 valence electrons. The molecule has 0 bridgehead atoms. The zero-order valence-corrected chi connectivity index (χ0v) is 15.4. The van der Waals surface area contributed by atoms with E-state index in [1.165, 1.54) is 7.11 Å². The Labute approximate surface area is 153 Å². The van der Waals surface area contributed by atoms with Gasteiger partial charge < -0.3 is 15.0 Å². The van der Waals surface area contributed by atoms with Gasteiger partial charge in [-0.1, -0.05) is 0 Å². The first kappa shape index (κ1) is 18.2. The number of piperidine rings is 1. The number of rotatable bonds is 5. The van der Waals surface area contributed by atoms with E-state index >= 15 is 0 Å². The molecule has 0 saturated carbocycles. The molecule has 2 aromatic heterocycles. The highest BCUT2D eigenvalue weighted by atomic mass is 16.5. The molecule has 3 rings (SSSR count). The Morgan fingerprint density at radius 2 is 2.00 bits per heavy atom. The summed E-state index contributed by atoms with van der Waals surface area (Å²) in [6.45, 7) is 5.33. The number of nitrogens with one attached hydrogen (secondary N) is 1. The number of hydrogen-bond donors (Lipinski definition) is 1. The molecule has 1 amide bonds. The molecule has 0 spiro atoms. The summed E-state index contributed by atoms with van der Waals surface area (Å²) in [6.07, 6.45) is 5.21. The third kappa shape index (κ3) is 4.32. The maximum Gasteiger partial charge on any atom is 0.248 e. The zero-order chi connectivity index (χ0) is 18.5. The molecule has 1 saturated heterocycles. The van der Waals surface area contributed by atoms with Crippen LogP contribution in [0.1, 0.15) is 35.8 Å². The van der Waals surface area contributed by atoms with Crippen molar-refractivity contribution in [2.75, 3.05) is 32.1 Å². The Kier molecular flexibility index (Phi) is 5.72. The maximum absolute atomic E-state index is 12.2. The fourth-order valence-electron chi connectivity index (χ4n) is 3.27. The molecule has 0 aliphatic carbocycles. The van der Waals surface area contributed by atoms with Crippen molar-refractivity contribution >= 4 is 17.7 Å². The monoisotopic (exact) mass is 356 g/mol. The van der Waals surface area contributed by atoms with Crippen molar-refractivity contribution in [1.29, 1.82) is 0 Å². The van der Waals surface area contributed by atoms with Gasteiger partial charge in [0.15, 0.2) is 5.82 Å². The molecule has 1 atom stereocenters. The number of carbonyl (C=O) groups excluding carboxylic acids is 1. The average Bonchev–Trinajstić information content (AvgIpc) is 2.62. The summed E-state index contributed by atoms with van der Waals surface area (Å²) in [6, 6.07) is 1.92. The highest BCUT2D eigenvalue weighted by molar-refractivity contribution is 5.77. The third-order valence-corrected chi connectivity index (χ3v) is 4.37. The number of nitrogens with zero attached hydrogens (tertiary/aromatic N) is 5. The minimum atomic E-state index is 0.00763. The molecule has 0 radical (unpaired) electrons. The molecule has 1 aliphatic heterocycles. The molecule has 1 fully saturated rings. The van der Waals surface area contributed by atoms with E-state index in [1.807, 2.05) is 24.8 Å². The quantitative estimate of drug-likeness (QED) is 0.875. The highest BCUT2D eigenvalue weighted by Gasteiger charge is 2.27. The molecular weight excluding hydrogens is 332 g/mol. The number of ether oxygens (including phenoxy) is 1. The van der Waals surface area contributed by atoms with Crippen LogP contribution in [0, 0.1) is 13.8 Å². The normalized spacial score (nSPS) is 17.2. The predicted octanol–water partition coefficient (Wildman–Crippen LogP) is 1.98. The van der Waals surface area contributed by atoms with Crippen LogP contribution in [0.3, 0.4) is 0 Å². The van der Waals surface area contributed by atoms with Gasteiger partial charge in [-0.2, -0.15) is 0 Å². The van der Waals surface area contributed by atoms with E-state index in [2.05, 4.69) is 25.3 Å². The topological polar surface area (TPSA) is 93.1 Å². The van der Waals surface area contributed by atoms with Gasteiger partial charge in [0.2, 0.25) is 11.9 Å². The maximum atomic E-state index is 12.2. The number of likely N-dealkylation sites (tertiary alicyclic amines) is 1. The molecule has 1 aliphatic rings. The predicted molar refractivity (Wildman–Crippen MR) is 97.3 cm³/mol. The lowest BCUT2D eigenvalue weighted by atomic mass is 9.94. The molecule has 8 heteroatoms. The largest absolute Gasteiger partial charge is 0.375 e. The van der Waals surface area contributed by atoms with Gasteiger partial charge in [-0.3, -0.25) is 9.78 Å². The van der Waals surface area contributed by atoms with Gasteiger partial charge in [0.05, 0.1) is 5.69 Å². The molecular formula is C18H24N6O2. The second kappa shape index (κ2) is 8.18. The van der Waals surface area contributed by atoms with Crippen LogP contribution in [0.5, 0.6) is 0 Å². The van der Waals surface area contributed by atoms with Gasteiger partial charge in [0.25, 0.3) is 0 Å². The summed E-state index contributed by atoms with van der Waals surface area (Å²) in [5, 5.41) is 3.20. The Morgan fingerprint density at radius 1 is 1.27 bits per heavy atom. The van der Waals surface area contributed by atoms with Crippen LogP contribution >= 0.6 is 0 Å². The summed E-state index contributed by atoms with van der Waals surface area (Å²) in [5.74, 6) is 1.27. The van der Waals surface area contributed by atoms with Crippen molar-refractivity contribution < 1.29 is 9.53 Å². The first-order valence-corrected chi connectivity index (χ1v) is 8.73. The highest BCUT2D eigenvalue weighted by Crippen LogP contribution is 2.30. The minimum Gasteiger partial charge on any atom is -0.375 e. The first-order chi connectivity index (χ1) is 12.6. The number of carbonyl (C=O) groups is 1.